The molecule has 0 aliphatic carbocycles. The molecule has 2 N–H and O–H groups in total. The summed E-state index contributed by atoms with van der Waals surface area (Å²) in [6, 6.07) is 2.34. The molecule has 2 aliphatic rings. The number of alkyl halides is 4. The minimum absolute atomic E-state index is 0.0993. The van der Waals surface area contributed by atoms with Crippen LogP contribution in [-0.2, 0) is 5.92 Å². The van der Waals surface area contributed by atoms with Crippen molar-refractivity contribution in [2.45, 2.75) is 12.0 Å². The summed E-state index contributed by atoms with van der Waals surface area (Å²) < 4.78 is 57.5. The van der Waals surface area contributed by atoms with Crippen LogP contribution in [0.3, 0.4) is 0 Å². The van der Waals surface area contributed by atoms with E-state index in [2.05, 4.69) is 4.74 Å². The second-order valence-electron chi connectivity index (χ2n) is 4.52. The smallest absolute Gasteiger partial charge is 0.427 e. The fourth-order valence-corrected chi connectivity index (χ4v) is 2.19. The Morgan fingerprint density at radius 3 is 2.67 bits per heavy atom. The lowest BCUT2D eigenvalue weighted by molar-refractivity contribution is -0.296. The van der Waals surface area contributed by atoms with Gasteiger partial charge in [0.05, 0.1) is 17.8 Å². The molecule has 2 heterocycles. The van der Waals surface area contributed by atoms with Crippen molar-refractivity contribution in [2.24, 2.45) is 5.73 Å². The number of urea groups is 1. The molecule has 0 fully saturated rings. The number of nitrogens with two attached hydrogens (primary N) is 1. The number of carbonyl (C=O) groups is 1. The second-order valence-corrected chi connectivity index (χ2v) is 4.52. The first-order chi connectivity index (χ1) is 9.74. The van der Waals surface area contributed by atoms with Crippen LogP contribution in [0.4, 0.5) is 28.0 Å². The number of primary amides is 1. The average molecular weight is 303 g/mol. The van der Waals surface area contributed by atoms with Crippen LogP contribution in [0.5, 0.6) is 5.75 Å². The Labute approximate surface area is 116 Å². The van der Waals surface area contributed by atoms with Crippen molar-refractivity contribution >= 4 is 11.7 Å². The molecule has 2 aliphatic heterocycles. The highest BCUT2D eigenvalue weighted by Gasteiger charge is 2.66. The number of carbonyl (C=O) groups excluding carboxylic acids is 1. The average Bonchev–Trinajstić information content (AvgIpc) is 2.93. The monoisotopic (exact) mass is 303 g/mol. The summed E-state index contributed by atoms with van der Waals surface area (Å²) in [5, 5.41) is 2.27. The second kappa shape index (κ2) is 4.03. The molecule has 0 bridgehead atoms. The molecule has 3 rings (SSSR count). The van der Waals surface area contributed by atoms with E-state index in [4.69, 9.17) is 5.73 Å². The number of hydrazine groups is 1. The highest BCUT2D eigenvalue weighted by Crippen LogP contribution is 2.54. The van der Waals surface area contributed by atoms with Gasteiger partial charge in [-0.05, 0) is 24.3 Å². The minimum Gasteiger partial charge on any atom is -0.427 e. The lowest BCUT2D eigenvalue weighted by atomic mass is 10.1. The molecule has 0 saturated heterocycles. The van der Waals surface area contributed by atoms with Gasteiger partial charge in [-0.3, -0.25) is 5.01 Å². The van der Waals surface area contributed by atoms with Gasteiger partial charge in [0.1, 0.15) is 5.75 Å². The Balaban J connectivity index is 2.03. The van der Waals surface area contributed by atoms with E-state index in [9.17, 15) is 22.4 Å². The summed E-state index contributed by atoms with van der Waals surface area (Å²) in [6.07, 6.45) is -1.60. The van der Waals surface area contributed by atoms with Crippen molar-refractivity contribution in [2.75, 3.05) is 11.6 Å². The van der Waals surface area contributed by atoms with E-state index in [0.717, 1.165) is 17.1 Å². The van der Waals surface area contributed by atoms with Crippen molar-refractivity contribution in [1.82, 2.24) is 5.01 Å². The maximum atomic E-state index is 13.6. The number of fused-ring (bicyclic) bond motifs is 1. The number of nitrogens with zero attached hydrogens (tertiary/aromatic N) is 2. The predicted molar refractivity (Wildman–Crippen MR) is 63.8 cm³/mol. The van der Waals surface area contributed by atoms with Crippen molar-refractivity contribution in [3.8, 4) is 5.75 Å². The van der Waals surface area contributed by atoms with E-state index < -0.39 is 29.4 Å². The van der Waals surface area contributed by atoms with E-state index in [1.807, 2.05) is 0 Å². The molecule has 21 heavy (non-hydrogen) atoms. The summed E-state index contributed by atoms with van der Waals surface area (Å²) in [4.78, 5) is 11.2. The molecule has 9 heteroatoms. The Kier molecular flexibility index (Phi) is 2.59. The van der Waals surface area contributed by atoms with Crippen LogP contribution in [0, 0.1) is 0 Å². The highest BCUT2D eigenvalue weighted by molar-refractivity contribution is 5.76. The summed E-state index contributed by atoms with van der Waals surface area (Å²) >= 11 is 0. The molecule has 1 aromatic carbocycles. The fraction of sp³-hybridized carbons (Fsp3) is 0.250. The largest absolute Gasteiger partial charge is 0.469 e. The molecular formula is C12H9F4N3O2. The Hall–Kier alpha value is -2.45. The third kappa shape index (κ3) is 1.80. The standard InChI is InChI=1S/C12H9F4N3O2/c13-11(14)8-6-7(2-3-9(8)21-12(11,15)16)18-4-1-5-19(18)10(17)20/h1-4,6H,5H2,(H2,17,20). The Morgan fingerprint density at radius 1 is 1.29 bits per heavy atom. The maximum absolute atomic E-state index is 13.6. The van der Waals surface area contributed by atoms with Gasteiger partial charge < -0.3 is 10.5 Å². The van der Waals surface area contributed by atoms with Crippen LogP contribution >= 0.6 is 0 Å². The van der Waals surface area contributed by atoms with E-state index in [1.165, 1.54) is 17.3 Å². The molecule has 112 valence electrons. The lowest BCUT2D eigenvalue weighted by Crippen LogP contribution is -2.43. The van der Waals surface area contributed by atoms with Gasteiger partial charge in [0, 0.05) is 6.20 Å². The van der Waals surface area contributed by atoms with E-state index in [0.29, 0.717) is 0 Å². The van der Waals surface area contributed by atoms with Crippen molar-refractivity contribution < 1.29 is 27.1 Å². The Morgan fingerprint density at radius 2 is 2.00 bits per heavy atom. The van der Waals surface area contributed by atoms with Gasteiger partial charge in [-0.25, -0.2) is 9.80 Å². The van der Waals surface area contributed by atoms with Crippen molar-refractivity contribution in [1.29, 1.82) is 0 Å². The molecule has 5 nitrogen and oxygen atoms in total. The number of hydrogen-bond acceptors (Lipinski definition) is 3. The Bertz CT molecular complexity index is 647. The quantitative estimate of drug-likeness (QED) is 0.810. The number of ether oxygens (including phenoxy) is 1. The molecule has 0 radical (unpaired) electrons. The summed E-state index contributed by atoms with van der Waals surface area (Å²) in [7, 11) is 0. The zero-order valence-electron chi connectivity index (χ0n) is 10.4. The van der Waals surface area contributed by atoms with Gasteiger partial charge in [0.25, 0.3) is 0 Å². The first-order valence-corrected chi connectivity index (χ1v) is 5.86. The zero-order valence-corrected chi connectivity index (χ0v) is 10.4. The number of hydrogen-bond donors (Lipinski definition) is 1. The summed E-state index contributed by atoms with van der Waals surface area (Å²) in [5.41, 5.74) is 4.31. The van der Waals surface area contributed by atoms with Crippen molar-refractivity contribution in [3.05, 3.63) is 36.0 Å². The number of halogens is 4. The number of rotatable bonds is 1. The molecular weight excluding hydrogens is 294 g/mol. The SMILES string of the molecule is NC(=O)N1CC=CN1c1ccc2c(c1)C(F)(F)C(F)(F)O2. The summed E-state index contributed by atoms with van der Waals surface area (Å²) in [6.45, 7) is 0.162. The molecule has 0 unspecified atom stereocenters. The number of anilines is 1. The molecule has 0 atom stereocenters. The van der Waals surface area contributed by atoms with Crippen LogP contribution in [0.15, 0.2) is 30.5 Å². The van der Waals surface area contributed by atoms with Gasteiger partial charge in [-0.15, -0.1) is 0 Å². The highest BCUT2D eigenvalue weighted by atomic mass is 19.3. The van der Waals surface area contributed by atoms with Crippen LogP contribution in [0.25, 0.3) is 0 Å². The van der Waals surface area contributed by atoms with Gasteiger partial charge in [-0.1, -0.05) is 0 Å². The first-order valence-electron chi connectivity index (χ1n) is 5.86. The molecule has 0 aromatic heterocycles. The van der Waals surface area contributed by atoms with Crippen LogP contribution in [-0.4, -0.2) is 23.7 Å². The molecule has 1 aromatic rings. The first kappa shape index (κ1) is 13.5. The number of amides is 2. The maximum Gasteiger partial charge on any atom is 0.469 e. The van der Waals surface area contributed by atoms with E-state index >= 15 is 0 Å². The summed E-state index contributed by atoms with van der Waals surface area (Å²) in [5.74, 6) is -5.04. The minimum atomic E-state index is -4.60. The van der Waals surface area contributed by atoms with Gasteiger partial charge in [0.2, 0.25) is 0 Å². The predicted octanol–water partition coefficient (Wildman–Crippen LogP) is 2.39. The third-order valence-corrected chi connectivity index (χ3v) is 3.21. The van der Waals surface area contributed by atoms with Crippen LogP contribution in [0.1, 0.15) is 5.56 Å². The van der Waals surface area contributed by atoms with Gasteiger partial charge in [0.15, 0.2) is 0 Å². The van der Waals surface area contributed by atoms with E-state index in [1.54, 1.807) is 6.08 Å². The number of benzene rings is 1. The normalized spacial score (nSPS) is 21.3. The zero-order chi connectivity index (χ0) is 15.4. The van der Waals surface area contributed by atoms with Crippen molar-refractivity contribution in [3.63, 3.8) is 0 Å². The van der Waals surface area contributed by atoms with Crippen LogP contribution < -0.4 is 15.5 Å². The third-order valence-electron chi connectivity index (χ3n) is 3.21. The topological polar surface area (TPSA) is 58.8 Å². The van der Waals surface area contributed by atoms with Gasteiger partial charge in [-0.2, -0.15) is 17.6 Å². The molecule has 0 saturated carbocycles. The van der Waals surface area contributed by atoms with E-state index in [-0.39, 0.29) is 12.2 Å². The van der Waals surface area contributed by atoms with Crippen LogP contribution in [0.2, 0.25) is 0 Å². The molecule has 2 amide bonds. The fourth-order valence-electron chi connectivity index (χ4n) is 2.19. The molecule has 0 spiro atoms. The van der Waals surface area contributed by atoms with Gasteiger partial charge >= 0.3 is 18.1 Å². The lowest BCUT2D eigenvalue weighted by Gasteiger charge is -2.27.